The first-order chi connectivity index (χ1) is 9.86. The smallest absolute Gasteiger partial charge is 0.257 e. The zero-order valence-electron chi connectivity index (χ0n) is 11.4. The van der Waals surface area contributed by atoms with Gasteiger partial charge >= 0.3 is 0 Å². The number of thiophene rings is 1. The highest BCUT2D eigenvalue weighted by Crippen LogP contribution is 2.32. The van der Waals surface area contributed by atoms with Gasteiger partial charge in [0.25, 0.3) is 5.89 Å². The van der Waals surface area contributed by atoms with Crippen LogP contribution >= 0.6 is 11.3 Å². The van der Waals surface area contributed by atoms with Crippen LogP contribution in [0.4, 0.5) is 0 Å². The fourth-order valence-corrected chi connectivity index (χ4v) is 3.07. The van der Waals surface area contributed by atoms with Gasteiger partial charge in [0, 0.05) is 11.1 Å². The molecule has 0 atom stereocenters. The lowest BCUT2D eigenvalue weighted by Crippen LogP contribution is -2.14. The predicted molar refractivity (Wildman–Crippen MR) is 82.0 cm³/mol. The van der Waals surface area contributed by atoms with E-state index in [2.05, 4.69) is 40.6 Å². The van der Waals surface area contributed by atoms with Gasteiger partial charge in [0.2, 0.25) is 5.89 Å². The summed E-state index contributed by atoms with van der Waals surface area (Å²) in [6, 6.07) is 10.4. The summed E-state index contributed by atoms with van der Waals surface area (Å²) in [6.45, 7) is 4.08. The van der Waals surface area contributed by atoms with Crippen LogP contribution in [0.3, 0.4) is 0 Å². The number of hydrogen-bond acceptors (Lipinski definition) is 5. The van der Waals surface area contributed by atoms with E-state index in [0.717, 1.165) is 36.7 Å². The van der Waals surface area contributed by atoms with E-state index in [-0.39, 0.29) is 0 Å². The molecular formula is C15H17N3OS. The van der Waals surface area contributed by atoms with E-state index in [1.54, 1.807) is 11.3 Å². The Kier molecular flexibility index (Phi) is 4.08. The summed E-state index contributed by atoms with van der Waals surface area (Å²) in [6.07, 6.45) is 1.84. The lowest BCUT2D eigenvalue weighted by atomic mass is 10.2. The van der Waals surface area contributed by atoms with Gasteiger partial charge in [0.05, 0.1) is 4.88 Å². The normalized spacial score (nSPS) is 11.2. The average molecular weight is 287 g/mol. The van der Waals surface area contributed by atoms with E-state index < -0.39 is 0 Å². The number of aromatic nitrogens is 2. The van der Waals surface area contributed by atoms with Gasteiger partial charge in [0.15, 0.2) is 0 Å². The number of hydrogen-bond donors (Lipinski definition) is 1. The Balaban J connectivity index is 1.72. The van der Waals surface area contributed by atoms with Gasteiger partial charge in [-0.1, -0.05) is 25.1 Å². The van der Waals surface area contributed by atoms with Crippen molar-refractivity contribution in [3.63, 3.8) is 0 Å². The lowest BCUT2D eigenvalue weighted by molar-refractivity contribution is 0.493. The van der Waals surface area contributed by atoms with Crippen LogP contribution in [0.1, 0.15) is 19.2 Å². The minimum absolute atomic E-state index is 0.629. The third kappa shape index (κ3) is 2.89. The number of rotatable bonds is 6. The minimum atomic E-state index is 0.629. The van der Waals surface area contributed by atoms with Gasteiger partial charge in [-0.25, -0.2) is 0 Å². The molecule has 1 N–H and O–H groups in total. The van der Waals surface area contributed by atoms with Crippen molar-refractivity contribution >= 4 is 21.4 Å². The molecule has 3 aromatic rings. The first-order valence-electron chi connectivity index (χ1n) is 6.89. The molecule has 1 aromatic carbocycles. The van der Waals surface area contributed by atoms with Crippen molar-refractivity contribution in [3.8, 4) is 10.8 Å². The first-order valence-corrected chi connectivity index (χ1v) is 7.70. The van der Waals surface area contributed by atoms with Gasteiger partial charge in [0.1, 0.15) is 0 Å². The van der Waals surface area contributed by atoms with E-state index in [4.69, 9.17) is 4.42 Å². The van der Waals surface area contributed by atoms with Crippen molar-refractivity contribution in [1.82, 2.24) is 15.5 Å². The van der Waals surface area contributed by atoms with Gasteiger partial charge in [-0.3, -0.25) is 0 Å². The summed E-state index contributed by atoms with van der Waals surface area (Å²) >= 11 is 1.69. The molecule has 0 saturated heterocycles. The van der Waals surface area contributed by atoms with Crippen LogP contribution in [0.5, 0.6) is 0 Å². The maximum absolute atomic E-state index is 5.74. The van der Waals surface area contributed by atoms with Crippen LogP contribution in [-0.2, 0) is 6.42 Å². The molecule has 0 aliphatic heterocycles. The summed E-state index contributed by atoms with van der Waals surface area (Å²) in [7, 11) is 0. The van der Waals surface area contributed by atoms with Crippen molar-refractivity contribution < 1.29 is 4.42 Å². The van der Waals surface area contributed by atoms with Gasteiger partial charge in [-0.2, -0.15) is 0 Å². The van der Waals surface area contributed by atoms with Crippen molar-refractivity contribution in [3.05, 3.63) is 36.2 Å². The van der Waals surface area contributed by atoms with Gasteiger partial charge in [-0.05, 0) is 37.0 Å². The summed E-state index contributed by atoms with van der Waals surface area (Å²) in [5, 5.41) is 12.8. The predicted octanol–water partition coefficient (Wildman–Crippen LogP) is 3.49. The summed E-state index contributed by atoms with van der Waals surface area (Å²) in [5.74, 6) is 1.35. The average Bonchev–Trinajstić information content (AvgIpc) is 3.09. The zero-order valence-corrected chi connectivity index (χ0v) is 12.2. The van der Waals surface area contributed by atoms with Gasteiger partial charge in [-0.15, -0.1) is 21.5 Å². The quantitative estimate of drug-likeness (QED) is 0.705. The van der Waals surface area contributed by atoms with E-state index in [0.29, 0.717) is 5.89 Å². The molecule has 104 valence electrons. The highest BCUT2D eigenvalue weighted by atomic mass is 32.1. The number of nitrogens with one attached hydrogen (secondary N) is 1. The fraction of sp³-hybridized carbons (Fsp3) is 0.333. The topological polar surface area (TPSA) is 51.0 Å². The standard InChI is InChI=1S/C15H17N3OS/c1-2-16-9-5-8-14-17-18-15(19-14)13-10-11-6-3-4-7-12(11)20-13/h3-4,6-7,10,16H,2,5,8-9H2,1H3. The third-order valence-corrected chi connectivity index (χ3v) is 4.20. The number of benzene rings is 1. The highest BCUT2D eigenvalue weighted by molar-refractivity contribution is 7.22. The number of nitrogens with zero attached hydrogens (tertiary/aromatic N) is 2. The van der Waals surface area contributed by atoms with Crippen molar-refractivity contribution in [1.29, 1.82) is 0 Å². The Morgan fingerprint density at radius 2 is 2.15 bits per heavy atom. The molecule has 3 rings (SSSR count). The Hall–Kier alpha value is -1.72. The van der Waals surface area contributed by atoms with E-state index in [1.165, 1.54) is 10.1 Å². The SMILES string of the molecule is CCNCCCc1nnc(-c2cc3ccccc3s2)o1. The Labute approximate surface area is 121 Å². The third-order valence-electron chi connectivity index (χ3n) is 3.10. The van der Waals surface area contributed by atoms with Crippen LogP contribution in [0.2, 0.25) is 0 Å². The molecule has 2 aromatic heterocycles. The monoisotopic (exact) mass is 287 g/mol. The Bertz CT molecular complexity index is 656. The molecule has 0 spiro atoms. The molecule has 0 saturated carbocycles. The summed E-state index contributed by atoms with van der Waals surface area (Å²) in [5.41, 5.74) is 0. The minimum Gasteiger partial charge on any atom is -0.420 e. The van der Waals surface area contributed by atoms with E-state index in [1.807, 2.05) is 12.1 Å². The molecule has 0 unspecified atom stereocenters. The van der Waals surface area contributed by atoms with E-state index in [9.17, 15) is 0 Å². The molecule has 0 fully saturated rings. The molecule has 5 heteroatoms. The number of aryl methyl sites for hydroxylation is 1. The lowest BCUT2D eigenvalue weighted by Gasteiger charge is -1.97. The maximum Gasteiger partial charge on any atom is 0.257 e. The van der Waals surface area contributed by atoms with E-state index >= 15 is 0 Å². The number of fused-ring (bicyclic) bond motifs is 1. The second kappa shape index (κ2) is 6.15. The summed E-state index contributed by atoms with van der Waals surface area (Å²) < 4.78 is 6.98. The Morgan fingerprint density at radius 3 is 3.00 bits per heavy atom. The van der Waals surface area contributed by atoms with Crippen LogP contribution in [0.25, 0.3) is 20.9 Å². The van der Waals surface area contributed by atoms with Crippen molar-refractivity contribution in [2.45, 2.75) is 19.8 Å². The Morgan fingerprint density at radius 1 is 1.25 bits per heavy atom. The molecule has 0 aliphatic carbocycles. The second-order valence-electron chi connectivity index (χ2n) is 4.61. The van der Waals surface area contributed by atoms with Crippen LogP contribution in [0, 0.1) is 0 Å². The van der Waals surface area contributed by atoms with Gasteiger partial charge < -0.3 is 9.73 Å². The molecule has 0 bridgehead atoms. The van der Waals surface area contributed by atoms with Crippen LogP contribution < -0.4 is 5.32 Å². The first kappa shape index (κ1) is 13.3. The largest absolute Gasteiger partial charge is 0.420 e. The molecular weight excluding hydrogens is 270 g/mol. The fourth-order valence-electron chi connectivity index (χ4n) is 2.08. The maximum atomic E-state index is 5.74. The molecule has 4 nitrogen and oxygen atoms in total. The second-order valence-corrected chi connectivity index (χ2v) is 5.69. The van der Waals surface area contributed by atoms with Crippen LogP contribution in [-0.4, -0.2) is 23.3 Å². The molecule has 0 amide bonds. The van der Waals surface area contributed by atoms with Crippen molar-refractivity contribution in [2.24, 2.45) is 0 Å². The summed E-state index contributed by atoms with van der Waals surface area (Å²) in [4.78, 5) is 1.04. The highest BCUT2D eigenvalue weighted by Gasteiger charge is 2.11. The molecule has 0 radical (unpaired) electrons. The molecule has 20 heavy (non-hydrogen) atoms. The van der Waals surface area contributed by atoms with Crippen LogP contribution in [0.15, 0.2) is 34.7 Å². The molecule has 2 heterocycles. The zero-order chi connectivity index (χ0) is 13.8. The van der Waals surface area contributed by atoms with Crippen molar-refractivity contribution in [2.75, 3.05) is 13.1 Å². The molecule has 0 aliphatic rings.